The minimum atomic E-state index is -0.670. The van der Waals surface area contributed by atoms with Gasteiger partial charge in [-0.25, -0.2) is 0 Å². The Kier molecular flexibility index (Phi) is 11.3. The maximum atomic E-state index is 13.9. The molecule has 1 aliphatic rings. The smallest absolute Gasteiger partial charge is 0.246 e. The van der Waals surface area contributed by atoms with Crippen LogP contribution in [-0.4, -0.2) is 90.8 Å². The molecule has 0 bridgehead atoms. The van der Waals surface area contributed by atoms with Crippen molar-refractivity contribution in [3.63, 3.8) is 0 Å². The van der Waals surface area contributed by atoms with Crippen LogP contribution in [-0.2, 0) is 27.2 Å². The van der Waals surface area contributed by atoms with Gasteiger partial charge in [-0.2, -0.15) is 0 Å². The second-order valence-corrected chi connectivity index (χ2v) is 12.2. The van der Waals surface area contributed by atoms with Crippen LogP contribution < -0.4 is 11.1 Å². The summed E-state index contributed by atoms with van der Waals surface area (Å²) in [7, 11) is 3.65. The van der Waals surface area contributed by atoms with Crippen molar-refractivity contribution >= 4 is 17.7 Å². The van der Waals surface area contributed by atoms with Crippen LogP contribution in [0.2, 0.25) is 0 Å². The molecular formula is C32H47N5O3. The predicted octanol–water partition coefficient (Wildman–Crippen LogP) is 2.71. The van der Waals surface area contributed by atoms with E-state index in [0.29, 0.717) is 32.5 Å². The standard InChI is InChI=1S/C32H47N5O3/c1-32(2,3)29(34-28(38)23-35(4)5)31(40)37-19-12-17-26(37)22-36(20-18-24-13-8-6-9-14-24)30(39)27(33)21-25-15-10-7-11-16-25/h6-11,13-16,26-27,29H,12,17-23,33H2,1-5H3,(H,34,38)/t26-,27+,29+/m0/s1. The van der Waals surface area contributed by atoms with E-state index in [1.54, 1.807) is 4.90 Å². The van der Waals surface area contributed by atoms with E-state index in [9.17, 15) is 14.4 Å². The molecule has 2 aromatic carbocycles. The second-order valence-electron chi connectivity index (χ2n) is 12.2. The van der Waals surface area contributed by atoms with E-state index < -0.39 is 17.5 Å². The number of benzene rings is 2. The minimum absolute atomic E-state index is 0.0915. The number of hydrogen-bond acceptors (Lipinski definition) is 5. The number of nitrogens with zero attached hydrogens (tertiary/aromatic N) is 3. The Morgan fingerprint density at radius 1 is 1.00 bits per heavy atom. The first-order chi connectivity index (χ1) is 19.0. The lowest BCUT2D eigenvalue weighted by Gasteiger charge is -2.37. The Bertz CT molecular complexity index is 1100. The molecule has 40 heavy (non-hydrogen) atoms. The Balaban J connectivity index is 1.77. The Morgan fingerprint density at radius 2 is 1.60 bits per heavy atom. The first kappa shape index (κ1) is 31.3. The maximum absolute atomic E-state index is 13.9. The van der Waals surface area contributed by atoms with Gasteiger partial charge in [0.15, 0.2) is 0 Å². The molecule has 0 radical (unpaired) electrons. The highest BCUT2D eigenvalue weighted by molar-refractivity contribution is 5.89. The van der Waals surface area contributed by atoms with Gasteiger partial charge in [-0.05, 0) is 56.3 Å². The van der Waals surface area contributed by atoms with Crippen molar-refractivity contribution in [3.8, 4) is 0 Å². The lowest BCUT2D eigenvalue weighted by Crippen LogP contribution is -2.58. The number of amides is 3. The summed E-state index contributed by atoms with van der Waals surface area (Å²) in [6, 6.07) is 18.4. The number of carbonyl (C=O) groups is 3. The summed E-state index contributed by atoms with van der Waals surface area (Å²) >= 11 is 0. The number of hydrogen-bond donors (Lipinski definition) is 2. The van der Waals surface area contributed by atoms with Crippen molar-refractivity contribution in [1.82, 2.24) is 20.0 Å². The molecule has 3 amide bonds. The normalized spacial score (nSPS) is 17.0. The lowest BCUT2D eigenvalue weighted by molar-refractivity contribution is -0.142. The molecule has 8 heteroatoms. The highest BCUT2D eigenvalue weighted by Crippen LogP contribution is 2.26. The summed E-state index contributed by atoms with van der Waals surface area (Å²) in [5, 5.41) is 2.98. The van der Waals surface area contributed by atoms with Gasteiger partial charge in [-0.1, -0.05) is 81.4 Å². The molecule has 0 saturated carbocycles. The van der Waals surface area contributed by atoms with Gasteiger partial charge in [0.2, 0.25) is 17.7 Å². The third-order valence-corrected chi connectivity index (χ3v) is 7.41. The quantitative estimate of drug-likeness (QED) is 0.424. The SMILES string of the molecule is CN(C)CC(=O)N[C@H](C(=O)N1CCC[C@H]1CN(CCc1ccccc1)C(=O)[C@H](N)Cc1ccccc1)C(C)(C)C. The minimum Gasteiger partial charge on any atom is -0.343 e. The highest BCUT2D eigenvalue weighted by atomic mass is 16.2. The van der Waals surface area contributed by atoms with Gasteiger partial charge in [-0.3, -0.25) is 14.4 Å². The van der Waals surface area contributed by atoms with Crippen molar-refractivity contribution in [2.24, 2.45) is 11.1 Å². The van der Waals surface area contributed by atoms with Crippen molar-refractivity contribution in [1.29, 1.82) is 0 Å². The lowest BCUT2D eigenvalue weighted by atomic mass is 9.85. The number of rotatable bonds is 12. The molecule has 8 nitrogen and oxygen atoms in total. The third kappa shape index (κ3) is 9.17. The van der Waals surface area contributed by atoms with E-state index in [4.69, 9.17) is 5.73 Å². The third-order valence-electron chi connectivity index (χ3n) is 7.41. The largest absolute Gasteiger partial charge is 0.343 e. The number of nitrogens with two attached hydrogens (primary N) is 1. The Morgan fingerprint density at radius 3 is 2.17 bits per heavy atom. The number of likely N-dealkylation sites (N-methyl/N-ethyl adjacent to an activating group) is 1. The molecule has 0 spiro atoms. The molecule has 3 N–H and O–H groups in total. The van der Waals surface area contributed by atoms with Gasteiger partial charge in [0.1, 0.15) is 6.04 Å². The van der Waals surface area contributed by atoms with Crippen molar-refractivity contribution in [2.75, 3.05) is 40.3 Å². The average Bonchev–Trinajstić information content (AvgIpc) is 3.37. The molecule has 218 valence electrons. The molecule has 1 saturated heterocycles. The zero-order chi connectivity index (χ0) is 29.3. The maximum Gasteiger partial charge on any atom is 0.246 e. The molecule has 0 unspecified atom stereocenters. The summed E-state index contributed by atoms with van der Waals surface area (Å²) in [6.45, 7) is 7.66. The van der Waals surface area contributed by atoms with Gasteiger partial charge in [-0.15, -0.1) is 0 Å². The summed E-state index contributed by atoms with van der Waals surface area (Å²) in [6.07, 6.45) is 2.82. The molecule has 3 rings (SSSR count). The van der Waals surface area contributed by atoms with Crippen LogP contribution in [0, 0.1) is 5.41 Å². The fourth-order valence-electron chi connectivity index (χ4n) is 5.27. The number of likely N-dealkylation sites (tertiary alicyclic amines) is 1. The molecule has 2 aromatic rings. The zero-order valence-corrected chi connectivity index (χ0v) is 24.8. The van der Waals surface area contributed by atoms with E-state index in [2.05, 4.69) is 17.4 Å². The summed E-state index contributed by atoms with van der Waals surface area (Å²) in [5.74, 6) is -0.377. The van der Waals surface area contributed by atoms with Gasteiger partial charge in [0.25, 0.3) is 0 Å². The summed E-state index contributed by atoms with van der Waals surface area (Å²) in [5.41, 5.74) is 8.16. The van der Waals surface area contributed by atoms with Gasteiger partial charge in [0, 0.05) is 25.7 Å². The van der Waals surface area contributed by atoms with Gasteiger partial charge >= 0.3 is 0 Å². The van der Waals surface area contributed by atoms with Crippen LogP contribution in [0.15, 0.2) is 60.7 Å². The topological polar surface area (TPSA) is 99.0 Å². The highest BCUT2D eigenvalue weighted by Gasteiger charge is 2.40. The second kappa shape index (κ2) is 14.4. The number of carbonyl (C=O) groups excluding carboxylic acids is 3. The van der Waals surface area contributed by atoms with Crippen LogP contribution in [0.1, 0.15) is 44.7 Å². The summed E-state index contributed by atoms with van der Waals surface area (Å²) in [4.78, 5) is 45.7. The first-order valence-corrected chi connectivity index (χ1v) is 14.3. The van der Waals surface area contributed by atoms with Gasteiger partial charge < -0.3 is 25.8 Å². The van der Waals surface area contributed by atoms with E-state index in [1.807, 2.05) is 93.2 Å². The van der Waals surface area contributed by atoms with Crippen LogP contribution in [0.5, 0.6) is 0 Å². The first-order valence-electron chi connectivity index (χ1n) is 14.3. The molecule has 1 heterocycles. The molecular weight excluding hydrogens is 502 g/mol. The van der Waals surface area contributed by atoms with Gasteiger partial charge in [0.05, 0.1) is 12.6 Å². The zero-order valence-electron chi connectivity index (χ0n) is 24.8. The fraction of sp³-hybridized carbons (Fsp3) is 0.531. The monoisotopic (exact) mass is 549 g/mol. The van der Waals surface area contributed by atoms with Crippen molar-refractivity contribution in [2.45, 2.75) is 64.6 Å². The Hall–Kier alpha value is -3.23. The average molecular weight is 550 g/mol. The molecule has 3 atom stereocenters. The predicted molar refractivity (Wildman–Crippen MR) is 160 cm³/mol. The van der Waals surface area contributed by atoms with Crippen LogP contribution >= 0.6 is 0 Å². The van der Waals surface area contributed by atoms with E-state index in [1.165, 1.54) is 0 Å². The van der Waals surface area contributed by atoms with Crippen LogP contribution in [0.4, 0.5) is 0 Å². The van der Waals surface area contributed by atoms with Crippen LogP contribution in [0.3, 0.4) is 0 Å². The van der Waals surface area contributed by atoms with E-state index >= 15 is 0 Å². The number of nitrogens with one attached hydrogen (secondary N) is 1. The van der Waals surface area contributed by atoms with E-state index in [-0.39, 0.29) is 30.3 Å². The molecule has 1 aliphatic heterocycles. The van der Waals surface area contributed by atoms with Crippen molar-refractivity contribution in [3.05, 3.63) is 71.8 Å². The van der Waals surface area contributed by atoms with E-state index in [0.717, 1.165) is 24.0 Å². The Labute approximate surface area is 239 Å². The fourth-order valence-corrected chi connectivity index (χ4v) is 5.27. The molecule has 0 aliphatic carbocycles. The van der Waals surface area contributed by atoms with Crippen LogP contribution in [0.25, 0.3) is 0 Å². The molecule has 0 aromatic heterocycles. The molecule has 1 fully saturated rings. The summed E-state index contributed by atoms with van der Waals surface area (Å²) < 4.78 is 0. The van der Waals surface area contributed by atoms with Crippen molar-refractivity contribution < 1.29 is 14.4 Å².